The molecule has 1 aromatic carbocycles. The first-order valence-corrected chi connectivity index (χ1v) is 8.80. The maximum absolute atomic E-state index is 12.1. The number of carbonyl (C=O) groups excluding carboxylic acids is 1. The van der Waals surface area contributed by atoms with Crippen molar-refractivity contribution in [3.8, 4) is 0 Å². The molecule has 0 aromatic heterocycles. The van der Waals surface area contributed by atoms with Gasteiger partial charge in [-0.2, -0.15) is 0 Å². The molecule has 1 fully saturated rings. The summed E-state index contributed by atoms with van der Waals surface area (Å²) in [7, 11) is -0.414. The van der Waals surface area contributed by atoms with Gasteiger partial charge in [-0.25, -0.2) is 12.7 Å². The molecule has 0 saturated carbocycles. The third kappa shape index (κ3) is 4.67. The summed E-state index contributed by atoms with van der Waals surface area (Å²) >= 11 is 0. The summed E-state index contributed by atoms with van der Waals surface area (Å²) in [4.78, 5) is 12.3. The molecule has 1 amide bonds. The van der Waals surface area contributed by atoms with Gasteiger partial charge in [0.2, 0.25) is 15.9 Å². The van der Waals surface area contributed by atoms with Crippen molar-refractivity contribution in [2.45, 2.75) is 24.3 Å². The van der Waals surface area contributed by atoms with E-state index in [1.165, 1.54) is 18.4 Å². The quantitative estimate of drug-likeness (QED) is 0.824. The highest BCUT2D eigenvalue weighted by Crippen LogP contribution is 2.19. The second-order valence-electron chi connectivity index (χ2n) is 5.78. The maximum atomic E-state index is 12.1. The van der Waals surface area contributed by atoms with Crippen molar-refractivity contribution in [3.05, 3.63) is 29.8 Å². The number of nitrogens with zero attached hydrogens (tertiary/aromatic N) is 1. The smallest absolute Gasteiger partial charge is 0.242 e. The molecule has 1 aliphatic rings. The minimum atomic E-state index is -3.42. The van der Waals surface area contributed by atoms with Gasteiger partial charge in [0.1, 0.15) is 0 Å². The van der Waals surface area contributed by atoms with E-state index in [0.717, 1.165) is 25.1 Å². The van der Waals surface area contributed by atoms with Crippen LogP contribution in [0.5, 0.6) is 0 Å². The Hall–Kier alpha value is -1.15. The average Bonchev–Trinajstić information content (AvgIpc) is 3.01. The van der Waals surface area contributed by atoms with E-state index in [1.54, 1.807) is 24.3 Å². The predicted molar refractivity (Wildman–Crippen MR) is 92.1 cm³/mol. The monoisotopic (exact) mass is 361 g/mol. The Morgan fingerprint density at radius 2 is 1.91 bits per heavy atom. The number of rotatable bonds is 5. The van der Waals surface area contributed by atoms with Gasteiger partial charge < -0.3 is 10.6 Å². The Bertz CT molecular complexity index is 626. The molecule has 2 unspecified atom stereocenters. The largest absolute Gasteiger partial charge is 0.349 e. The van der Waals surface area contributed by atoms with E-state index in [0.29, 0.717) is 0 Å². The van der Waals surface area contributed by atoms with Crippen LogP contribution in [-0.4, -0.2) is 45.8 Å². The normalized spacial score (nSPS) is 19.2. The van der Waals surface area contributed by atoms with E-state index < -0.39 is 10.0 Å². The second-order valence-corrected chi connectivity index (χ2v) is 7.93. The van der Waals surface area contributed by atoms with Crippen LogP contribution in [0.2, 0.25) is 0 Å². The standard InChI is InChI=1S/C15H23N3O3S.ClH/c1-11(17-15(19)13-8-9-16-10-13)12-4-6-14(7-5-12)22(20,21)18(2)3;/h4-7,11,13,16H,8-10H2,1-3H3,(H,17,19);1H. The lowest BCUT2D eigenvalue weighted by atomic mass is 10.1. The number of amides is 1. The fourth-order valence-electron chi connectivity index (χ4n) is 2.43. The molecule has 130 valence electrons. The molecule has 1 saturated heterocycles. The van der Waals surface area contributed by atoms with Crippen molar-refractivity contribution in [2.75, 3.05) is 27.2 Å². The van der Waals surface area contributed by atoms with Gasteiger partial charge in [-0.15, -0.1) is 12.4 Å². The molecule has 2 atom stereocenters. The predicted octanol–water partition coefficient (Wildman–Crippen LogP) is 1.15. The van der Waals surface area contributed by atoms with Crippen LogP contribution in [0.4, 0.5) is 0 Å². The third-order valence-electron chi connectivity index (χ3n) is 3.95. The molecule has 8 heteroatoms. The Balaban J connectivity index is 0.00000264. The topological polar surface area (TPSA) is 78.5 Å². The zero-order valence-corrected chi connectivity index (χ0v) is 15.2. The van der Waals surface area contributed by atoms with Gasteiger partial charge in [0.25, 0.3) is 0 Å². The molecular formula is C15H24ClN3O3S. The van der Waals surface area contributed by atoms with Gasteiger partial charge in [-0.05, 0) is 37.6 Å². The summed E-state index contributed by atoms with van der Waals surface area (Å²) in [6.07, 6.45) is 0.860. The van der Waals surface area contributed by atoms with Crippen LogP contribution < -0.4 is 10.6 Å². The molecule has 1 aromatic rings. The number of hydrogen-bond donors (Lipinski definition) is 2. The van der Waals surface area contributed by atoms with Gasteiger partial charge in [0.05, 0.1) is 16.9 Å². The minimum absolute atomic E-state index is 0. The zero-order chi connectivity index (χ0) is 16.3. The van der Waals surface area contributed by atoms with Crippen LogP contribution in [-0.2, 0) is 14.8 Å². The lowest BCUT2D eigenvalue weighted by Crippen LogP contribution is -2.33. The summed E-state index contributed by atoms with van der Waals surface area (Å²) in [5.41, 5.74) is 0.886. The lowest BCUT2D eigenvalue weighted by molar-refractivity contribution is -0.125. The van der Waals surface area contributed by atoms with Crippen LogP contribution in [0.25, 0.3) is 0 Å². The number of benzene rings is 1. The van der Waals surface area contributed by atoms with E-state index in [4.69, 9.17) is 0 Å². The van der Waals surface area contributed by atoms with Crippen molar-refractivity contribution >= 4 is 28.3 Å². The van der Waals surface area contributed by atoms with Gasteiger partial charge in [-0.3, -0.25) is 4.79 Å². The van der Waals surface area contributed by atoms with Gasteiger partial charge in [0, 0.05) is 20.6 Å². The zero-order valence-electron chi connectivity index (χ0n) is 13.6. The summed E-state index contributed by atoms with van der Waals surface area (Å²) < 4.78 is 25.2. The van der Waals surface area contributed by atoms with Crippen molar-refractivity contribution in [2.24, 2.45) is 5.92 Å². The van der Waals surface area contributed by atoms with E-state index in [9.17, 15) is 13.2 Å². The Labute approximate surface area is 144 Å². The Morgan fingerprint density at radius 3 is 2.39 bits per heavy atom. The summed E-state index contributed by atoms with van der Waals surface area (Å²) in [6.45, 7) is 3.50. The van der Waals surface area contributed by atoms with Gasteiger partial charge in [0.15, 0.2) is 0 Å². The Kier molecular flexibility index (Phi) is 7.01. The number of carbonyl (C=O) groups is 1. The average molecular weight is 362 g/mol. The molecule has 0 radical (unpaired) electrons. The van der Waals surface area contributed by atoms with E-state index in [1.807, 2.05) is 6.92 Å². The van der Waals surface area contributed by atoms with Crippen molar-refractivity contribution < 1.29 is 13.2 Å². The Morgan fingerprint density at radius 1 is 1.30 bits per heavy atom. The third-order valence-corrected chi connectivity index (χ3v) is 5.78. The van der Waals surface area contributed by atoms with E-state index in [2.05, 4.69) is 10.6 Å². The number of hydrogen-bond acceptors (Lipinski definition) is 4. The van der Waals surface area contributed by atoms with E-state index >= 15 is 0 Å². The molecule has 2 N–H and O–H groups in total. The first-order chi connectivity index (χ1) is 10.3. The molecule has 0 aliphatic carbocycles. The molecule has 0 spiro atoms. The highest BCUT2D eigenvalue weighted by Gasteiger charge is 2.24. The van der Waals surface area contributed by atoms with Crippen molar-refractivity contribution in [1.82, 2.24) is 14.9 Å². The maximum Gasteiger partial charge on any atom is 0.242 e. The minimum Gasteiger partial charge on any atom is -0.349 e. The van der Waals surface area contributed by atoms with Crippen LogP contribution in [0.1, 0.15) is 24.9 Å². The van der Waals surface area contributed by atoms with Gasteiger partial charge in [-0.1, -0.05) is 12.1 Å². The highest BCUT2D eigenvalue weighted by atomic mass is 35.5. The van der Waals surface area contributed by atoms with Crippen molar-refractivity contribution in [3.63, 3.8) is 0 Å². The number of halogens is 1. The second kappa shape index (κ2) is 8.10. The SMILES string of the molecule is CC(NC(=O)C1CCNC1)c1ccc(S(=O)(=O)N(C)C)cc1.Cl. The van der Waals surface area contributed by atoms with Crippen molar-refractivity contribution in [1.29, 1.82) is 0 Å². The molecule has 2 rings (SSSR count). The molecule has 1 aliphatic heterocycles. The van der Waals surface area contributed by atoms with Crippen LogP contribution >= 0.6 is 12.4 Å². The molecule has 23 heavy (non-hydrogen) atoms. The van der Waals surface area contributed by atoms with Crippen LogP contribution in [0.3, 0.4) is 0 Å². The molecule has 1 heterocycles. The molecule has 0 bridgehead atoms. The fraction of sp³-hybridized carbons (Fsp3) is 0.533. The highest BCUT2D eigenvalue weighted by molar-refractivity contribution is 7.89. The van der Waals surface area contributed by atoms with E-state index in [-0.39, 0.29) is 35.2 Å². The molecular weight excluding hydrogens is 338 g/mol. The summed E-state index contributed by atoms with van der Waals surface area (Å²) in [5.74, 6) is 0.0679. The van der Waals surface area contributed by atoms with Crippen LogP contribution in [0, 0.1) is 5.92 Å². The lowest BCUT2D eigenvalue weighted by Gasteiger charge is -2.18. The first-order valence-electron chi connectivity index (χ1n) is 7.36. The van der Waals surface area contributed by atoms with Crippen LogP contribution in [0.15, 0.2) is 29.2 Å². The first kappa shape index (κ1) is 19.9. The summed E-state index contributed by atoms with van der Waals surface area (Å²) in [5, 5.41) is 6.15. The molecule has 6 nitrogen and oxygen atoms in total. The fourth-order valence-corrected chi connectivity index (χ4v) is 3.33. The number of sulfonamides is 1. The summed E-state index contributed by atoms with van der Waals surface area (Å²) in [6, 6.07) is 6.49. The number of nitrogens with one attached hydrogen (secondary N) is 2. The van der Waals surface area contributed by atoms with Gasteiger partial charge >= 0.3 is 0 Å².